The third-order valence-corrected chi connectivity index (χ3v) is 7.20. The molecular weight excluding hydrogens is 408 g/mol. The van der Waals surface area contributed by atoms with E-state index in [2.05, 4.69) is 0 Å². The predicted molar refractivity (Wildman–Crippen MR) is 113 cm³/mol. The number of nitrogens with zero attached hydrogens (tertiary/aromatic N) is 1. The Bertz CT molecular complexity index is 1270. The molecule has 0 aliphatic heterocycles. The number of hydrogen-bond acceptors (Lipinski definition) is 5. The van der Waals surface area contributed by atoms with Crippen LogP contribution in [0.15, 0.2) is 89.8 Å². The fourth-order valence-electron chi connectivity index (χ4n) is 3.00. The summed E-state index contributed by atoms with van der Waals surface area (Å²) < 4.78 is 28.9. The Kier molecular flexibility index (Phi) is 5.06. The van der Waals surface area contributed by atoms with Gasteiger partial charge in [0.2, 0.25) is 0 Å². The van der Waals surface area contributed by atoms with Gasteiger partial charge in [-0.3, -0.25) is 10.0 Å². The highest BCUT2D eigenvalue weighted by Crippen LogP contribution is 2.36. The van der Waals surface area contributed by atoms with E-state index in [1.807, 2.05) is 6.07 Å². The van der Waals surface area contributed by atoms with E-state index >= 15 is 0 Å². The Labute approximate surface area is 171 Å². The number of nitrogens with one attached hydrogen (secondary N) is 1. The smallest absolute Gasteiger partial charge is 0.284 e. The van der Waals surface area contributed by atoms with Gasteiger partial charge in [-0.1, -0.05) is 42.5 Å². The highest BCUT2D eigenvalue weighted by atomic mass is 32.2. The van der Waals surface area contributed by atoms with Gasteiger partial charge in [0.15, 0.2) is 0 Å². The molecule has 0 saturated heterocycles. The lowest BCUT2D eigenvalue weighted by Crippen LogP contribution is -2.26. The molecule has 1 aromatic heterocycles. The number of hydrogen-bond donors (Lipinski definition) is 2. The molecule has 3 aromatic carbocycles. The molecule has 4 rings (SSSR count). The molecule has 6 nitrogen and oxygen atoms in total. The molecule has 0 radical (unpaired) electrons. The molecule has 0 aliphatic rings. The minimum Gasteiger partial charge on any atom is -0.288 e. The summed E-state index contributed by atoms with van der Waals surface area (Å²) in [4.78, 5) is 12.2. The van der Waals surface area contributed by atoms with Crippen LogP contribution < -0.4 is 9.79 Å². The van der Waals surface area contributed by atoms with Crippen LogP contribution in [0.25, 0.3) is 10.1 Å². The molecule has 0 aliphatic carbocycles. The van der Waals surface area contributed by atoms with E-state index in [-0.39, 0.29) is 4.90 Å². The number of para-hydroxylation sites is 1. The number of sulfonamides is 1. The largest absolute Gasteiger partial charge is 0.288 e. The molecular formula is C21H16N2O4S2. The van der Waals surface area contributed by atoms with Crippen LogP contribution in [0.2, 0.25) is 0 Å². The number of fused-ring (bicyclic) bond motifs is 1. The first-order valence-corrected chi connectivity index (χ1v) is 10.9. The molecule has 2 N–H and O–H groups in total. The number of thiophene rings is 1. The Morgan fingerprint density at radius 3 is 2.17 bits per heavy atom. The van der Waals surface area contributed by atoms with E-state index in [0.29, 0.717) is 16.3 Å². The third kappa shape index (κ3) is 3.61. The first-order chi connectivity index (χ1) is 14.0. The van der Waals surface area contributed by atoms with E-state index in [0.717, 1.165) is 10.1 Å². The summed E-state index contributed by atoms with van der Waals surface area (Å²) in [6.07, 6.45) is 0. The Morgan fingerprint density at radius 1 is 0.862 bits per heavy atom. The van der Waals surface area contributed by atoms with Crippen LogP contribution in [0.5, 0.6) is 0 Å². The summed E-state index contributed by atoms with van der Waals surface area (Å²) in [6, 6.07) is 23.9. The number of anilines is 2. The number of benzene rings is 3. The number of hydroxylamine groups is 1. The van der Waals surface area contributed by atoms with Crippen molar-refractivity contribution in [3.63, 3.8) is 0 Å². The lowest BCUT2D eigenvalue weighted by molar-refractivity contribution is 0.0711. The van der Waals surface area contributed by atoms with Crippen LogP contribution in [0.1, 0.15) is 9.67 Å². The molecule has 146 valence electrons. The maximum Gasteiger partial charge on any atom is 0.284 e. The Balaban J connectivity index is 1.89. The second-order valence-corrected chi connectivity index (χ2v) is 9.06. The van der Waals surface area contributed by atoms with Crippen molar-refractivity contribution >= 4 is 48.7 Å². The molecule has 4 aromatic rings. The summed E-state index contributed by atoms with van der Waals surface area (Å²) in [5.41, 5.74) is 2.57. The van der Waals surface area contributed by atoms with Gasteiger partial charge in [0.05, 0.1) is 21.1 Å². The van der Waals surface area contributed by atoms with Crippen molar-refractivity contribution in [1.29, 1.82) is 0 Å². The standard InChI is InChI=1S/C21H16N2O4S2/c24-21(22-25)20-13-15-11-12-17(14-19(15)28-20)23(16-7-3-1-4-8-16)29(26,27)18-9-5-2-6-10-18/h1-14,25H,(H,22,24). The van der Waals surface area contributed by atoms with Crippen molar-refractivity contribution in [1.82, 2.24) is 5.48 Å². The van der Waals surface area contributed by atoms with Crippen molar-refractivity contribution in [3.8, 4) is 0 Å². The monoisotopic (exact) mass is 424 g/mol. The molecule has 0 fully saturated rings. The zero-order valence-electron chi connectivity index (χ0n) is 15.0. The zero-order valence-corrected chi connectivity index (χ0v) is 16.7. The molecule has 0 unspecified atom stereocenters. The first-order valence-electron chi connectivity index (χ1n) is 8.64. The van der Waals surface area contributed by atoms with Crippen LogP contribution in [0.3, 0.4) is 0 Å². The second-order valence-electron chi connectivity index (χ2n) is 6.19. The predicted octanol–water partition coefficient (Wildman–Crippen LogP) is 4.55. The molecule has 1 heterocycles. The van der Waals surface area contributed by atoms with Crippen LogP contribution in [0, 0.1) is 0 Å². The fourth-order valence-corrected chi connectivity index (χ4v) is 5.49. The number of carbonyl (C=O) groups is 1. The molecule has 1 amide bonds. The van der Waals surface area contributed by atoms with Crippen molar-refractivity contribution < 1.29 is 18.4 Å². The number of carbonyl (C=O) groups excluding carboxylic acids is 1. The normalized spacial score (nSPS) is 11.3. The lowest BCUT2D eigenvalue weighted by atomic mass is 10.2. The summed E-state index contributed by atoms with van der Waals surface area (Å²) in [7, 11) is -3.87. The summed E-state index contributed by atoms with van der Waals surface area (Å²) in [6.45, 7) is 0. The molecule has 0 spiro atoms. The quantitative estimate of drug-likeness (QED) is 0.364. The number of rotatable bonds is 5. The lowest BCUT2D eigenvalue weighted by Gasteiger charge is -2.24. The summed E-state index contributed by atoms with van der Waals surface area (Å²) >= 11 is 1.17. The van der Waals surface area contributed by atoms with Gasteiger partial charge in [-0.25, -0.2) is 18.2 Å². The average Bonchev–Trinajstić information content (AvgIpc) is 3.18. The van der Waals surface area contributed by atoms with E-state index in [1.165, 1.54) is 15.6 Å². The van der Waals surface area contributed by atoms with E-state index in [4.69, 9.17) is 5.21 Å². The van der Waals surface area contributed by atoms with Gasteiger partial charge < -0.3 is 0 Å². The van der Waals surface area contributed by atoms with Crippen molar-refractivity contribution in [2.24, 2.45) is 0 Å². The summed E-state index contributed by atoms with van der Waals surface area (Å²) in [5.74, 6) is -0.607. The van der Waals surface area contributed by atoms with Crippen molar-refractivity contribution in [3.05, 3.63) is 89.8 Å². The van der Waals surface area contributed by atoms with E-state index in [9.17, 15) is 13.2 Å². The maximum absolute atomic E-state index is 13.5. The fraction of sp³-hybridized carbons (Fsp3) is 0. The maximum atomic E-state index is 13.5. The van der Waals surface area contributed by atoms with Gasteiger partial charge >= 0.3 is 0 Å². The van der Waals surface area contributed by atoms with Gasteiger partial charge in [-0.15, -0.1) is 11.3 Å². The third-order valence-electron chi connectivity index (χ3n) is 4.34. The SMILES string of the molecule is O=C(NO)c1cc2ccc(N(c3ccccc3)S(=O)(=O)c3ccccc3)cc2s1. The number of amides is 1. The van der Waals surface area contributed by atoms with Crippen LogP contribution >= 0.6 is 11.3 Å². The molecule has 0 saturated carbocycles. The molecule has 8 heteroatoms. The van der Waals surface area contributed by atoms with Crippen LogP contribution in [-0.4, -0.2) is 19.5 Å². The zero-order chi connectivity index (χ0) is 20.4. The Hall–Kier alpha value is -3.20. The van der Waals surface area contributed by atoms with Crippen LogP contribution in [-0.2, 0) is 10.0 Å². The van der Waals surface area contributed by atoms with Gasteiger partial charge in [0.1, 0.15) is 0 Å². The minimum absolute atomic E-state index is 0.176. The summed E-state index contributed by atoms with van der Waals surface area (Å²) in [5, 5.41) is 9.64. The molecule has 29 heavy (non-hydrogen) atoms. The Morgan fingerprint density at radius 2 is 1.52 bits per heavy atom. The first kappa shape index (κ1) is 19.1. The average molecular weight is 425 g/mol. The highest BCUT2D eigenvalue weighted by Gasteiger charge is 2.27. The van der Waals surface area contributed by atoms with E-state index in [1.54, 1.807) is 84.3 Å². The van der Waals surface area contributed by atoms with Crippen molar-refractivity contribution in [2.75, 3.05) is 4.31 Å². The van der Waals surface area contributed by atoms with E-state index < -0.39 is 15.9 Å². The second kappa shape index (κ2) is 7.67. The topological polar surface area (TPSA) is 86.7 Å². The van der Waals surface area contributed by atoms with Gasteiger partial charge in [-0.2, -0.15) is 0 Å². The van der Waals surface area contributed by atoms with Gasteiger partial charge in [0.25, 0.3) is 15.9 Å². The molecule has 0 bridgehead atoms. The van der Waals surface area contributed by atoms with Crippen molar-refractivity contribution in [2.45, 2.75) is 4.90 Å². The molecule has 0 atom stereocenters. The van der Waals surface area contributed by atoms with Gasteiger partial charge in [-0.05, 0) is 47.9 Å². The van der Waals surface area contributed by atoms with Gasteiger partial charge in [0, 0.05) is 4.70 Å². The van der Waals surface area contributed by atoms with Crippen LogP contribution in [0.4, 0.5) is 11.4 Å². The minimum atomic E-state index is -3.87. The highest BCUT2D eigenvalue weighted by molar-refractivity contribution is 7.93.